The minimum atomic E-state index is -0.269. The van der Waals surface area contributed by atoms with E-state index in [0.29, 0.717) is 16.5 Å². The minimum Gasteiger partial charge on any atom is -0.470 e. The highest BCUT2D eigenvalue weighted by Gasteiger charge is 2.16. The summed E-state index contributed by atoms with van der Waals surface area (Å²) in [6.07, 6.45) is 3.56. The van der Waals surface area contributed by atoms with Crippen molar-refractivity contribution in [3.8, 4) is 5.75 Å². The van der Waals surface area contributed by atoms with Crippen molar-refractivity contribution in [2.24, 2.45) is 0 Å². The van der Waals surface area contributed by atoms with Crippen molar-refractivity contribution >= 4 is 33.4 Å². The minimum absolute atomic E-state index is 0.144. The molecule has 1 amide bonds. The van der Waals surface area contributed by atoms with Gasteiger partial charge in [0, 0.05) is 23.4 Å². The van der Waals surface area contributed by atoms with Gasteiger partial charge in [-0.25, -0.2) is 4.68 Å². The van der Waals surface area contributed by atoms with E-state index in [1.165, 1.54) is 4.68 Å². The topological polar surface area (TPSA) is 74.0 Å². The zero-order valence-electron chi connectivity index (χ0n) is 14.9. The van der Waals surface area contributed by atoms with Gasteiger partial charge in [0.2, 0.25) is 0 Å². The molecule has 3 aromatic rings. The molecule has 1 N–H and O–H groups in total. The summed E-state index contributed by atoms with van der Waals surface area (Å²) in [5.74, 6) is 0.274. The van der Waals surface area contributed by atoms with Crippen LogP contribution in [0.4, 0.5) is 0 Å². The monoisotopic (exact) mass is 451 g/mol. The second-order valence-corrected chi connectivity index (χ2v) is 7.20. The Morgan fingerprint density at radius 2 is 2.04 bits per heavy atom. The molecule has 2 aromatic heterocycles. The number of ether oxygens (including phenoxy) is 1. The molecule has 9 heteroatoms. The lowest BCUT2D eigenvalue weighted by molar-refractivity contribution is 0.0932. The molecule has 3 rings (SSSR count). The predicted molar refractivity (Wildman–Crippen MR) is 106 cm³/mol. The molecule has 1 unspecified atom stereocenters. The van der Waals surface area contributed by atoms with Crippen molar-refractivity contribution in [1.82, 2.24) is 24.9 Å². The van der Waals surface area contributed by atoms with Crippen LogP contribution in [0.15, 0.2) is 47.2 Å². The molecule has 0 fully saturated rings. The number of rotatable bonds is 7. The van der Waals surface area contributed by atoms with Crippen LogP contribution in [0.3, 0.4) is 0 Å². The maximum Gasteiger partial charge on any atom is 0.272 e. The summed E-state index contributed by atoms with van der Waals surface area (Å²) in [6.45, 7) is 4.82. The maximum absolute atomic E-state index is 12.4. The van der Waals surface area contributed by atoms with Crippen LogP contribution in [0, 0.1) is 0 Å². The number of carbonyl (C=O) groups excluding carboxylic acids is 1. The predicted octanol–water partition coefficient (Wildman–Crippen LogP) is 4.04. The van der Waals surface area contributed by atoms with E-state index in [9.17, 15) is 4.79 Å². The number of nitrogens with one attached hydrogen (secondary N) is 1. The normalized spacial score (nSPS) is 12.0. The third-order valence-electron chi connectivity index (χ3n) is 3.90. The first-order valence-corrected chi connectivity index (χ1v) is 9.59. The van der Waals surface area contributed by atoms with Gasteiger partial charge >= 0.3 is 0 Å². The number of carbonyl (C=O) groups is 1. The lowest BCUT2D eigenvalue weighted by Gasteiger charge is -2.10. The van der Waals surface area contributed by atoms with Gasteiger partial charge in [-0.3, -0.25) is 9.48 Å². The molecule has 0 aliphatic heterocycles. The summed E-state index contributed by atoms with van der Waals surface area (Å²) < 4.78 is 9.86. The molecule has 2 heterocycles. The van der Waals surface area contributed by atoms with Crippen LogP contribution in [0.5, 0.6) is 5.75 Å². The van der Waals surface area contributed by atoms with Crippen molar-refractivity contribution in [2.45, 2.75) is 33.2 Å². The molecule has 142 valence electrons. The highest BCUT2D eigenvalue weighted by Crippen LogP contribution is 2.27. The number of amides is 1. The van der Waals surface area contributed by atoms with E-state index >= 15 is 0 Å². The standard InChI is InChI=1S/C18H19BrClN5O2/c1-3-24-8-6-15(22-24)12(2)21-18(26)16-7-9-25(23-16)11-27-17-5-4-13(19)10-14(17)20/h4-10,12H,3,11H2,1-2H3,(H,21,26). The molecular weight excluding hydrogens is 434 g/mol. The fraction of sp³-hybridized carbons (Fsp3) is 0.278. The van der Waals surface area contributed by atoms with Crippen molar-refractivity contribution in [1.29, 1.82) is 0 Å². The molecule has 0 radical (unpaired) electrons. The second kappa shape index (κ2) is 8.58. The Hall–Kier alpha value is -2.32. The Morgan fingerprint density at radius 3 is 2.74 bits per heavy atom. The Kier molecular flexibility index (Phi) is 6.18. The molecule has 0 spiro atoms. The van der Waals surface area contributed by atoms with Crippen molar-refractivity contribution in [3.05, 3.63) is 63.6 Å². The van der Waals surface area contributed by atoms with Gasteiger partial charge in [0.15, 0.2) is 6.73 Å². The highest BCUT2D eigenvalue weighted by molar-refractivity contribution is 9.10. The lowest BCUT2D eigenvalue weighted by atomic mass is 10.2. The summed E-state index contributed by atoms with van der Waals surface area (Å²) >= 11 is 9.47. The Bertz CT molecular complexity index is 939. The summed E-state index contributed by atoms with van der Waals surface area (Å²) in [7, 11) is 0. The van der Waals surface area contributed by atoms with Gasteiger partial charge in [-0.05, 0) is 44.2 Å². The van der Waals surface area contributed by atoms with E-state index in [1.54, 1.807) is 24.4 Å². The molecule has 1 aromatic carbocycles. The van der Waals surface area contributed by atoms with Crippen molar-refractivity contribution in [2.75, 3.05) is 0 Å². The van der Waals surface area contributed by atoms with Crippen LogP contribution in [-0.2, 0) is 13.3 Å². The van der Waals surface area contributed by atoms with Gasteiger partial charge in [0.1, 0.15) is 11.4 Å². The van der Waals surface area contributed by atoms with E-state index in [4.69, 9.17) is 16.3 Å². The van der Waals surface area contributed by atoms with Gasteiger partial charge in [-0.15, -0.1) is 0 Å². The zero-order chi connectivity index (χ0) is 19.4. The number of aromatic nitrogens is 4. The van der Waals surface area contributed by atoms with Gasteiger partial charge in [0.05, 0.1) is 16.8 Å². The third kappa shape index (κ3) is 4.90. The van der Waals surface area contributed by atoms with Gasteiger partial charge in [-0.1, -0.05) is 27.5 Å². The number of hydrogen-bond acceptors (Lipinski definition) is 4. The molecule has 7 nitrogen and oxygen atoms in total. The Labute approximate surface area is 170 Å². The van der Waals surface area contributed by atoms with E-state index in [0.717, 1.165) is 16.7 Å². The molecule has 1 atom stereocenters. The van der Waals surface area contributed by atoms with Crippen LogP contribution in [0.25, 0.3) is 0 Å². The summed E-state index contributed by atoms with van der Waals surface area (Å²) in [5.41, 5.74) is 1.11. The van der Waals surface area contributed by atoms with Crippen LogP contribution >= 0.6 is 27.5 Å². The number of nitrogens with zero attached hydrogens (tertiary/aromatic N) is 4. The molecule has 0 saturated heterocycles. The quantitative estimate of drug-likeness (QED) is 0.587. The van der Waals surface area contributed by atoms with Crippen LogP contribution in [-0.4, -0.2) is 25.5 Å². The first-order chi connectivity index (χ1) is 13.0. The van der Waals surface area contributed by atoms with Gasteiger partial charge in [0.25, 0.3) is 5.91 Å². The number of halogens is 2. The van der Waals surface area contributed by atoms with E-state index in [-0.39, 0.29) is 18.7 Å². The summed E-state index contributed by atoms with van der Waals surface area (Å²) in [4.78, 5) is 12.4. The van der Waals surface area contributed by atoms with Crippen LogP contribution < -0.4 is 10.1 Å². The first kappa shape index (κ1) is 19.4. The summed E-state index contributed by atoms with van der Waals surface area (Å²) in [5, 5.41) is 12.0. The van der Waals surface area contributed by atoms with Crippen molar-refractivity contribution in [3.63, 3.8) is 0 Å². The third-order valence-corrected chi connectivity index (χ3v) is 4.68. The van der Waals surface area contributed by atoms with Crippen LogP contribution in [0.1, 0.15) is 36.1 Å². The molecule has 0 aliphatic carbocycles. The molecule has 0 bridgehead atoms. The Morgan fingerprint density at radius 1 is 1.26 bits per heavy atom. The number of aryl methyl sites for hydroxylation is 1. The molecule has 0 saturated carbocycles. The smallest absolute Gasteiger partial charge is 0.272 e. The first-order valence-electron chi connectivity index (χ1n) is 8.41. The number of hydrogen-bond donors (Lipinski definition) is 1. The van der Waals surface area contributed by atoms with Gasteiger partial charge in [-0.2, -0.15) is 10.2 Å². The average Bonchev–Trinajstić information content (AvgIpc) is 3.30. The summed E-state index contributed by atoms with van der Waals surface area (Å²) in [6, 6.07) is 8.67. The second-order valence-electron chi connectivity index (χ2n) is 5.88. The van der Waals surface area contributed by atoms with E-state index in [2.05, 4.69) is 31.4 Å². The SMILES string of the molecule is CCn1ccc(C(C)NC(=O)c2ccn(COc3ccc(Br)cc3Cl)n2)n1. The average molecular weight is 453 g/mol. The van der Waals surface area contributed by atoms with Gasteiger partial charge < -0.3 is 10.1 Å². The Balaban J connectivity index is 1.58. The molecule has 27 heavy (non-hydrogen) atoms. The van der Waals surface area contributed by atoms with E-state index < -0.39 is 0 Å². The largest absolute Gasteiger partial charge is 0.470 e. The highest BCUT2D eigenvalue weighted by atomic mass is 79.9. The zero-order valence-corrected chi connectivity index (χ0v) is 17.2. The fourth-order valence-corrected chi connectivity index (χ4v) is 3.14. The fourth-order valence-electron chi connectivity index (χ4n) is 2.41. The number of benzene rings is 1. The van der Waals surface area contributed by atoms with E-state index in [1.807, 2.05) is 36.9 Å². The van der Waals surface area contributed by atoms with Crippen LogP contribution in [0.2, 0.25) is 5.02 Å². The molecular formula is C18H19BrClN5O2. The maximum atomic E-state index is 12.4. The van der Waals surface area contributed by atoms with Crippen molar-refractivity contribution < 1.29 is 9.53 Å². The lowest BCUT2D eigenvalue weighted by Crippen LogP contribution is -2.27. The molecule has 0 aliphatic rings.